The molecule has 4 saturated carbocycles. The maximum absolute atomic E-state index is 14.1. The summed E-state index contributed by atoms with van der Waals surface area (Å²) in [4.78, 5) is 92.6. The number of primary amides is 1. The molecule has 322 valence electrons. The van der Waals surface area contributed by atoms with E-state index in [0.29, 0.717) is 17.4 Å². The van der Waals surface area contributed by atoms with Crippen LogP contribution < -0.4 is 32.3 Å². The number of nitrogens with one attached hydrogen (secondary N) is 5. The van der Waals surface area contributed by atoms with Crippen LogP contribution in [0.4, 0.5) is 4.79 Å². The van der Waals surface area contributed by atoms with E-state index in [4.69, 9.17) is 10.5 Å². The van der Waals surface area contributed by atoms with E-state index in [-0.39, 0.29) is 24.7 Å². The Morgan fingerprint density at radius 1 is 0.776 bits per heavy atom. The second-order valence-corrected chi connectivity index (χ2v) is 17.5. The number of carbonyl (C=O) groups excluding carboxylic acids is 7. The first-order valence-electron chi connectivity index (χ1n) is 21.8. The number of hydrogen-bond acceptors (Lipinski definition) is 8. The second kappa shape index (κ2) is 22.0. The third-order valence-electron chi connectivity index (χ3n) is 12.5. The lowest BCUT2D eigenvalue weighted by Gasteiger charge is -2.53. The van der Waals surface area contributed by atoms with Gasteiger partial charge in [0.05, 0.1) is 12.6 Å². The van der Waals surface area contributed by atoms with Gasteiger partial charge in [-0.05, 0) is 93.4 Å². The lowest BCUT2D eigenvalue weighted by molar-refractivity contribution is -0.141. The molecule has 4 fully saturated rings. The van der Waals surface area contributed by atoms with Gasteiger partial charge >= 0.3 is 6.09 Å². The molecule has 5 rings (SSSR count). The average Bonchev–Trinajstić information content (AvgIpc) is 3.21. The molecule has 0 spiro atoms. The van der Waals surface area contributed by atoms with Crippen molar-refractivity contribution in [3.63, 3.8) is 0 Å². The molecule has 4 aliphatic carbocycles. The van der Waals surface area contributed by atoms with Crippen LogP contribution in [0.5, 0.6) is 0 Å². The van der Waals surface area contributed by atoms with E-state index in [1.165, 1.54) is 25.7 Å². The molecule has 1 unspecified atom stereocenters. The highest BCUT2D eigenvalue weighted by Crippen LogP contribution is 2.56. The zero-order valence-electron chi connectivity index (χ0n) is 35.1. The van der Waals surface area contributed by atoms with Gasteiger partial charge in [-0.25, -0.2) is 4.79 Å². The minimum absolute atomic E-state index is 0.0323. The Kier molecular flexibility index (Phi) is 17.6. The number of amides is 6. The van der Waals surface area contributed by atoms with Crippen LogP contribution in [-0.4, -0.2) is 71.7 Å². The molecule has 4 aliphatic rings. The van der Waals surface area contributed by atoms with E-state index >= 15 is 0 Å². The minimum atomic E-state index is -1.23. The molecule has 4 atom stereocenters. The molecule has 6 amide bonds. The Labute approximate surface area is 344 Å². The van der Waals surface area contributed by atoms with Gasteiger partial charge < -0.3 is 37.1 Å². The van der Waals surface area contributed by atoms with Crippen molar-refractivity contribution >= 4 is 41.4 Å². The summed E-state index contributed by atoms with van der Waals surface area (Å²) in [6.07, 6.45) is 15.1. The van der Waals surface area contributed by atoms with Crippen molar-refractivity contribution in [2.24, 2.45) is 23.0 Å². The molecular weight excluding hydrogens is 741 g/mol. The summed E-state index contributed by atoms with van der Waals surface area (Å²) in [5, 5.41) is 13.2. The number of fused-ring (bicyclic) bond motifs is 3. The van der Waals surface area contributed by atoms with Crippen LogP contribution in [0.3, 0.4) is 0 Å². The lowest BCUT2D eigenvalue weighted by atomic mass is 9.57. The number of carbonyl (C=O) groups is 7. The van der Waals surface area contributed by atoms with Crippen LogP contribution >= 0.6 is 0 Å². The Bertz CT molecular complexity index is 1550. The summed E-state index contributed by atoms with van der Waals surface area (Å²) in [5.74, 6) is -4.88. The Morgan fingerprint density at radius 2 is 1.41 bits per heavy atom. The third-order valence-corrected chi connectivity index (χ3v) is 12.5. The summed E-state index contributed by atoms with van der Waals surface area (Å²) < 4.78 is 6.21. The van der Waals surface area contributed by atoms with Crippen LogP contribution in [-0.2, 0) is 33.5 Å². The topological polar surface area (TPSA) is 215 Å². The van der Waals surface area contributed by atoms with Crippen molar-refractivity contribution in [3.05, 3.63) is 35.9 Å². The van der Waals surface area contributed by atoms with Crippen LogP contribution in [0, 0.1) is 17.3 Å². The van der Waals surface area contributed by atoms with Gasteiger partial charge in [0.15, 0.2) is 0 Å². The van der Waals surface area contributed by atoms with Crippen molar-refractivity contribution in [1.82, 2.24) is 26.6 Å². The Morgan fingerprint density at radius 3 is 2.00 bits per heavy atom. The first-order chi connectivity index (χ1) is 27.7. The van der Waals surface area contributed by atoms with E-state index in [1.54, 1.807) is 37.3 Å². The van der Waals surface area contributed by atoms with Crippen molar-refractivity contribution in [2.75, 3.05) is 6.54 Å². The van der Waals surface area contributed by atoms with E-state index < -0.39 is 77.7 Å². The molecule has 0 heterocycles. The molecule has 0 aromatic heterocycles. The molecule has 1 aromatic rings. The lowest BCUT2D eigenvalue weighted by Crippen LogP contribution is -2.59. The van der Waals surface area contributed by atoms with Crippen LogP contribution in [0.15, 0.2) is 30.3 Å². The molecule has 0 saturated heterocycles. The first kappa shape index (κ1) is 46.2. The van der Waals surface area contributed by atoms with Crippen LogP contribution in [0.1, 0.15) is 155 Å². The summed E-state index contributed by atoms with van der Waals surface area (Å²) in [5.41, 5.74) is 5.77. The highest BCUT2D eigenvalue weighted by molar-refractivity contribution is 6.38. The smallest absolute Gasteiger partial charge is 0.408 e. The standard InChI is InChI=1S/C44H68N6O8/c1-5-7-14-20-43-21-24-44(25-22-43,26-23-43)58-42(57)50-36(31-18-12-9-13-19-31)40(55)48-33(27-29(3)4)39(54)47-32(15-6-2)37(52)41(56)46-28-34(51)49-35(38(45)53)30-16-10-8-11-17-30/h8,10-11,16-17,29,31-33,35-36H,5-7,9,12-15,18-28H2,1-4H3,(H2,45,53)(H,46,56)(H,47,54)(H,48,55)(H,49,51)(H,50,57)/t32?,33-,35-,36-,43?,44?/m0/s1. The number of ketones is 1. The Balaban J connectivity index is 1.38. The summed E-state index contributed by atoms with van der Waals surface area (Å²) in [6.45, 7) is 7.21. The number of nitrogens with two attached hydrogens (primary N) is 1. The number of rotatable bonds is 22. The normalized spacial score (nSPS) is 22.4. The fourth-order valence-corrected chi connectivity index (χ4v) is 9.10. The van der Waals surface area contributed by atoms with Gasteiger partial charge in [0.1, 0.15) is 23.7 Å². The first-order valence-corrected chi connectivity index (χ1v) is 21.8. The maximum atomic E-state index is 14.1. The number of hydrogen-bond donors (Lipinski definition) is 6. The van der Waals surface area contributed by atoms with Gasteiger partial charge in [-0.1, -0.05) is 103 Å². The molecule has 14 heteroatoms. The number of benzene rings is 1. The largest absolute Gasteiger partial charge is 0.443 e. The second-order valence-electron chi connectivity index (χ2n) is 17.5. The predicted molar refractivity (Wildman–Crippen MR) is 220 cm³/mol. The van der Waals surface area contributed by atoms with E-state index in [2.05, 4.69) is 33.5 Å². The zero-order valence-corrected chi connectivity index (χ0v) is 35.1. The number of alkyl carbamates (subject to hydrolysis) is 1. The SMILES string of the molecule is CCCCCC12CCC(OC(=O)N[C@H](C(=O)N[C@@H](CC(C)C)C(=O)NC(CCC)C(=O)C(=O)NCC(=O)N[C@H](C(N)=O)c3ccccc3)C3CCCCC3)(CC1)CC2. The highest BCUT2D eigenvalue weighted by Gasteiger charge is 2.50. The minimum Gasteiger partial charge on any atom is -0.443 e. The van der Waals surface area contributed by atoms with Gasteiger partial charge in [-0.3, -0.25) is 28.8 Å². The molecule has 58 heavy (non-hydrogen) atoms. The van der Waals surface area contributed by atoms with Crippen molar-refractivity contribution in [2.45, 2.75) is 173 Å². The highest BCUT2D eigenvalue weighted by atomic mass is 16.6. The number of ether oxygens (including phenoxy) is 1. The van der Waals surface area contributed by atoms with E-state index in [1.807, 2.05) is 13.8 Å². The summed E-state index contributed by atoms with van der Waals surface area (Å²) in [6, 6.07) is 4.02. The zero-order chi connectivity index (χ0) is 42.3. The van der Waals surface area contributed by atoms with Gasteiger partial charge in [0.25, 0.3) is 5.91 Å². The average molecular weight is 809 g/mol. The molecule has 2 bridgehead atoms. The van der Waals surface area contributed by atoms with Gasteiger partial charge in [0, 0.05) is 0 Å². The number of Topliss-reactive ketones (excluding diaryl/α,β-unsaturated/α-hetero) is 1. The van der Waals surface area contributed by atoms with Crippen molar-refractivity contribution in [3.8, 4) is 0 Å². The fourth-order valence-electron chi connectivity index (χ4n) is 9.10. The third kappa shape index (κ3) is 13.3. The van der Waals surface area contributed by atoms with Gasteiger partial charge in [-0.15, -0.1) is 0 Å². The monoisotopic (exact) mass is 809 g/mol. The summed E-state index contributed by atoms with van der Waals surface area (Å²) >= 11 is 0. The predicted octanol–water partition coefficient (Wildman–Crippen LogP) is 5.18. The molecular formula is C44H68N6O8. The van der Waals surface area contributed by atoms with Gasteiger partial charge in [-0.2, -0.15) is 0 Å². The molecule has 1 aromatic carbocycles. The molecule has 14 nitrogen and oxygen atoms in total. The fraction of sp³-hybridized carbons (Fsp3) is 0.705. The molecule has 0 aliphatic heterocycles. The maximum Gasteiger partial charge on any atom is 0.408 e. The van der Waals surface area contributed by atoms with E-state index in [9.17, 15) is 33.6 Å². The van der Waals surface area contributed by atoms with Crippen molar-refractivity contribution < 1.29 is 38.3 Å². The van der Waals surface area contributed by atoms with E-state index in [0.717, 1.165) is 70.6 Å². The van der Waals surface area contributed by atoms with Crippen molar-refractivity contribution in [1.29, 1.82) is 0 Å². The Hall–Kier alpha value is -4.49. The quantitative estimate of drug-likeness (QED) is 0.0677. The molecule has 0 radical (unpaired) electrons. The number of unbranched alkanes of at least 4 members (excludes halogenated alkanes) is 2. The van der Waals surface area contributed by atoms with Gasteiger partial charge in [0.2, 0.25) is 29.4 Å². The summed E-state index contributed by atoms with van der Waals surface area (Å²) in [7, 11) is 0. The van der Waals surface area contributed by atoms with Crippen LogP contribution in [0.2, 0.25) is 0 Å². The molecule has 7 N–H and O–H groups in total. The van der Waals surface area contributed by atoms with Crippen LogP contribution in [0.25, 0.3) is 0 Å².